The minimum absolute atomic E-state index is 0.0271. The van der Waals surface area contributed by atoms with E-state index in [0.717, 1.165) is 38.1 Å². The van der Waals surface area contributed by atoms with Crippen LogP contribution in [0.3, 0.4) is 0 Å². The molecule has 0 bridgehead atoms. The molecule has 0 aliphatic rings. The molecule has 0 unspecified atom stereocenters. The van der Waals surface area contributed by atoms with Crippen molar-refractivity contribution < 1.29 is 35.2 Å². The summed E-state index contributed by atoms with van der Waals surface area (Å²) in [5, 5.41) is 0. The Hall–Kier alpha value is -1.03. The molecule has 0 saturated carbocycles. The van der Waals surface area contributed by atoms with Crippen molar-refractivity contribution in [3.63, 3.8) is 0 Å². The molecular weight excluding hydrogens is 411 g/mol. The molecule has 0 fully saturated rings. The summed E-state index contributed by atoms with van der Waals surface area (Å²) in [6, 6.07) is 0.735. The van der Waals surface area contributed by atoms with Crippen LogP contribution < -0.4 is 0 Å². The summed E-state index contributed by atoms with van der Waals surface area (Å²) >= 11 is 0. The summed E-state index contributed by atoms with van der Waals surface area (Å²) in [4.78, 5) is 0. The van der Waals surface area contributed by atoms with Gasteiger partial charge in [0.2, 0.25) is 5.82 Å². The lowest BCUT2D eigenvalue weighted by atomic mass is 10.0. The van der Waals surface area contributed by atoms with Crippen molar-refractivity contribution in [2.45, 2.75) is 77.4 Å². The van der Waals surface area contributed by atoms with E-state index in [4.69, 9.17) is 13.3 Å². The normalized spacial score (nSPS) is 12.2. The lowest BCUT2D eigenvalue weighted by molar-refractivity contribution is 0.0693. The van der Waals surface area contributed by atoms with E-state index in [1.54, 1.807) is 14.2 Å². The maximum absolute atomic E-state index is 13.6. The van der Waals surface area contributed by atoms with E-state index in [-0.39, 0.29) is 12.5 Å². The number of benzene rings is 1. The Balaban J connectivity index is 2.28. The van der Waals surface area contributed by atoms with Gasteiger partial charge in [-0.05, 0) is 33.1 Å². The molecule has 0 amide bonds. The highest BCUT2D eigenvalue weighted by molar-refractivity contribution is 6.60. The molecule has 0 atom stereocenters. The molecule has 0 N–H and O–H groups in total. The molecule has 1 aromatic rings. The number of hydrogen-bond acceptors (Lipinski definition) is 3. The predicted octanol–water partition coefficient (Wildman–Crippen LogP) is 6.31. The maximum atomic E-state index is 13.6. The molecule has 0 heterocycles. The van der Waals surface area contributed by atoms with Crippen LogP contribution >= 0.6 is 0 Å². The molecular formula is C20H31F5O3Si. The van der Waals surface area contributed by atoms with Crippen molar-refractivity contribution in [3.8, 4) is 0 Å². The van der Waals surface area contributed by atoms with Gasteiger partial charge in [0.1, 0.15) is 0 Å². The van der Waals surface area contributed by atoms with Gasteiger partial charge in [0.15, 0.2) is 23.3 Å². The minimum Gasteiger partial charge on any atom is -0.377 e. The maximum Gasteiger partial charge on any atom is 0.500 e. The summed E-state index contributed by atoms with van der Waals surface area (Å²) < 4.78 is 83.4. The Bertz CT molecular complexity index is 610. The van der Waals surface area contributed by atoms with Gasteiger partial charge in [0.05, 0.1) is 0 Å². The Morgan fingerprint density at radius 1 is 0.655 bits per heavy atom. The standard InChI is InChI=1S/C20H31F5O3Si/c1-14(2)28-29(26-3,27-4)13-11-9-7-5-6-8-10-12-15-16(21)18(23)20(25)19(24)17(15)22/h14H,5-13H2,1-4H3. The molecule has 0 aliphatic carbocycles. The van der Waals surface area contributed by atoms with E-state index in [1.165, 1.54) is 0 Å². The van der Waals surface area contributed by atoms with E-state index in [0.29, 0.717) is 12.8 Å². The zero-order valence-electron chi connectivity index (χ0n) is 17.6. The second kappa shape index (κ2) is 12.6. The van der Waals surface area contributed by atoms with Crippen LogP contribution in [-0.2, 0) is 19.7 Å². The Morgan fingerprint density at radius 3 is 1.52 bits per heavy atom. The van der Waals surface area contributed by atoms with E-state index in [2.05, 4.69) is 0 Å². The van der Waals surface area contributed by atoms with Crippen LogP contribution in [0.2, 0.25) is 6.04 Å². The van der Waals surface area contributed by atoms with E-state index < -0.39 is 43.5 Å². The van der Waals surface area contributed by atoms with Crippen molar-refractivity contribution in [2.24, 2.45) is 0 Å². The quantitative estimate of drug-likeness (QED) is 0.111. The average molecular weight is 443 g/mol. The third-order valence-corrected chi connectivity index (χ3v) is 7.79. The minimum atomic E-state index is -2.61. The predicted molar refractivity (Wildman–Crippen MR) is 103 cm³/mol. The summed E-state index contributed by atoms with van der Waals surface area (Å²) in [5.41, 5.74) is -0.730. The summed E-state index contributed by atoms with van der Waals surface area (Å²) in [6.45, 7) is 3.87. The number of hydrogen-bond donors (Lipinski definition) is 0. The fourth-order valence-electron chi connectivity index (χ4n) is 3.20. The van der Waals surface area contributed by atoms with Gasteiger partial charge in [0.25, 0.3) is 0 Å². The molecule has 1 rings (SSSR count). The smallest absolute Gasteiger partial charge is 0.377 e. The number of rotatable bonds is 14. The SMILES string of the molecule is CO[Si](CCCCCCCCCc1c(F)c(F)c(F)c(F)c1F)(OC)OC(C)C. The second-order valence-electron chi connectivity index (χ2n) is 7.28. The monoisotopic (exact) mass is 442 g/mol. The number of halogens is 5. The van der Waals surface area contributed by atoms with Crippen LogP contribution in [0.25, 0.3) is 0 Å². The van der Waals surface area contributed by atoms with Crippen LogP contribution in [0.4, 0.5) is 22.0 Å². The second-order valence-corrected chi connectivity index (χ2v) is 10.2. The van der Waals surface area contributed by atoms with Gasteiger partial charge in [-0.2, -0.15) is 0 Å². The van der Waals surface area contributed by atoms with Crippen molar-refractivity contribution in [1.29, 1.82) is 0 Å². The van der Waals surface area contributed by atoms with E-state index in [1.807, 2.05) is 13.8 Å². The molecule has 1 aromatic carbocycles. The molecule has 168 valence electrons. The lowest BCUT2D eigenvalue weighted by Gasteiger charge is -2.28. The van der Waals surface area contributed by atoms with Gasteiger partial charge >= 0.3 is 8.80 Å². The van der Waals surface area contributed by atoms with Gasteiger partial charge in [-0.3, -0.25) is 0 Å². The fraction of sp³-hybridized carbons (Fsp3) is 0.700. The zero-order chi connectivity index (χ0) is 22.0. The van der Waals surface area contributed by atoms with Crippen molar-refractivity contribution in [2.75, 3.05) is 14.2 Å². The molecule has 29 heavy (non-hydrogen) atoms. The highest BCUT2D eigenvalue weighted by atomic mass is 28.4. The molecule has 3 nitrogen and oxygen atoms in total. The first-order chi connectivity index (χ1) is 13.7. The molecule has 0 radical (unpaired) electrons. The van der Waals surface area contributed by atoms with Crippen LogP contribution in [-0.4, -0.2) is 29.1 Å². The van der Waals surface area contributed by atoms with Crippen molar-refractivity contribution in [3.05, 3.63) is 34.6 Å². The average Bonchev–Trinajstić information content (AvgIpc) is 2.70. The van der Waals surface area contributed by atoms with Gasteiger partial charge < -0.3 is 13.3 Å². The summed E-state index contributed by atoms with van der Waals surface area (Å²) in [5.74, 6) is -9.33. The van der Waals surface area contributed by atoms with Crippen LogP contribution in [0, 0.1) is 29.1 Å². The van der Waals surface area contributed by atoms with Crippen molar-refractivity contribution in [1.82, 2.24) is 0 Å². The first-order valence-corrected chi connectivity index (χ1v) is 11.9. The van der Waals surface area contributed by atoms with Gasteiger partial charge in [-0.15, -0.1) is 0 Å². The van der Waals surface area contributed by atoms with Gasteiger partial charge in [-0.1, -0.05) is 32.1 Å². The van der Waals surface area contributed by atoms with Crippen molar-refractivity contribution >= 4 is 8.80 Å². The topological polar surface area (TPSA) is 27.7 Å². The van der Waals surface area contributed by atoms with E-state index in [9.17, 15) is 22.0 Å². The third-order valence-electron chi connectivity index (χ3n) is 4.75. The van der Waals surface area contributed by atoms with Crippen LogP contribution in [0.1, 0.15) is 64.4 Å². The van der Waals surface area contributed by atoms with E-state index >= 15 is 0 Å². The number of unbranched alkanes of at least 4 members (excludes halogenated alkanes) is 6. The summed E-state index contributed by atoms with van der Waals surface area (Å²) in [7, 11) is 0.591. The Labute approximate surface area is 170 Å². The molecule has 0 spiro atoms. The lowest BCUT2D eigenvalue weighted by Crippen LogP contribution is -2.45. The largest absolute Gasteiger partial charge is 0.500 e. The highest BCUT2D eigenvalue weighted by Crippen LogP contribution is 2.25. The first kappa shape index (κ1) is 26.0. The Morgan fingerprint density at radius 2 is 1.07 bits per heavy atom. The Kier molecular flexibility index (Phi) is 11.3. The molecule has 0 aromatic heterocycles. The molecule has 9 heteroatoms. The van der Waals surface area contributed by atoms with Crippen LogP contribution in [0.15, 0.2) is 0 Å². The van der Waals surface area contributed by atoms with Gasteiger partial charge in [-0.25, -0.2) is 22.0 Å². The third kappa shape index (κ3) is 7.62. The first-order valence-electron chi connectivity index (χ1n) is 9.97. The molecule has 0 aliphatic heterocycles. The zero-order valence-corrected chi connectivity index (χ0v) is 18.6. The molecule has 0 saturated heterocycles. The fourth-order valence-corrected chi connectivity index (χ4v) is 5.49. The van der Waals surface area contributed by atoms with Crippen LogP contribution in [0.5, 0.6) is 0 Å². The summed E-state index contributed by atoms with van der Waals surface area (Å²) in [6.07, 6.45) is 5.49. The van der Waals surface area contributed by atoms with Gasteiger partial charge in [0, 0.05) is 31.9 Å². The highest BCUT2D eigenvalue weighted by Gasteiger charge is 2.39.